The van der Waals surface area contributed by atoms with Gasteiger partial charge in [0.15, 0.2) is 11.6 Å². The molecule has 116 valence electrons. The highest BCUT2D eigenvalue weighted by Crippen LogP contribution is 2.41. The molecule has 4 heteroatoms. The molecule has 1 saturated carbocycles. The zero-order valence-corrected chi connectivity index (χ0v) is 15.0. The van der Waals surface area contributed by atoms with Crippen molar-refractivity contribution in [3.05, 3.63) is 33.0 Å². The highest BCUT2D eigenvalue weighted by molar-refractivity contribution is 9.10. The average Bonchev–Trinajstić information content (AvgIpc) is 2.43. The Bertz CT molecular complexity index is 542. The molecule has 0 bridgehead atoms. The van der Waals surface area contributed by atoms with Gasteiger partial charge in [-0.3, -0.25) is 4.79 Å². The summed E-state index contributed by atoms with van der Waals surface area (Å²) in [6.45, 7) is 6.73. The van der Waals surface area contributed by atoms with Gasteiger partial charge in [0.25, 0.3) is 0 Å². The van der Waals surface area contributed by atoms with Crippen LogP contribution in [-0.2, 0) is 0 Å². The second-order valence-corrected chi connectivity index (χ2v) is 8.23. The number of carbonyl (C=O) groups excluding carboxylic acids is 1. The monoisotopic (exact) mass is 374 g/mol. The molecule has 21 heavy (non-hydrogen) atoms. The smallest absolute Gasteiger partial charge is 0.168 e. The van der Waals surface area contributed by atoms with Crippen LogP contribution in [0.3, 0.4) is 0 Å². The lowest BCUT2D eigenvalue weighted by atomic mass is 9.69. The van der Waals surface area contributed by atoms with E-state index in [0.29, 0.717) is 10.4 Å². The van der Waals surface area contributed by atoms with Crippen LogP contribution < -0.4 is 0 Å². The maximum Gasteiger partial charge on any atom is 0.168 e. The molecule has 0 saturated heterocycles. The fourth-order valence-corrected chi connectivity index (χ4v) is 3.63. The van der Waals surface area contributed by atoms with Gasteiger partial charge in [0.2, 0.25) is 0 Å². The maximum absolute atomic E-state index is 14.2. The van der Waals surface area contributed by atoms with Crippen molar-refractivity contribution in [2.45, 2.75) is 46.5 Å². The maximum atomic E-state index is 14.2. The Morgan fingerprint density at radius 3 is 2.33 bits per heavy atom. The van der Waals surface area contributed by atoms with E-state index in [4.69, 9.17) is 11.6 Å². The molecule has 0 spiro atoms. The molecule has 0 unspecified atom stereocenters. The second-order valence-electron chi connectivity index (χ2n) is 7.00. The molecule has 0 radical (unpaired) electrons. The molecule has 1 aliphatic rings. The van der Waals surface area contributed by atoms with E-state index in [1.165, 1.54) is 6.07 Å². The first kappa shape index (κ1) is 17.0. The van der Waals surface area contributed by atoms with Crippen molar-refractivity contribution >= 4 is 33.3 Å². The van der Waals surface area contributed by atoms with E-state index in [2.05, 4.69) is 36.7 Å². The van der Waals surface area contributed by atoms with E-state index in [9.17, 15) is 9.18 Å². The van der Waals surface area contributed by atoms with Gasteiger partial charge in [0.1, 0.15) is 0 Å². The highest BCUT2D eigenvalue weighted by Gasteiger charge is 2.33. The Morgan fingerprint density at radius 1 is 1.24 bits per heavy atom. The summed E-state index contributed by atoms with van der Waals surface area (Å²) < 4.78 is 14.6. The van der Waals surface area contributed by atoms with Crippen LogP contribution in [0.5, 0.6) is 0 Å². The van der Waals surface area contributed by atoms with E-state index >= 15 is 0 Å². The number of halogens is 3. The molecule has 0 N–H and O–H groups in total. The van der Waals surface area contributed by atoms with Gasteiger partial charge in [-0.2, -0.15) is 0 Å². The van der Waals surface area contributed by atoms with Crippen molar-refractivity contribution in [1.82, 2.24) is 0 Å². The van der Waals surface area contributed by atoms with Crippen molar-refractivity contribution in [2.24, 2.45) is 17.3 Å². The number of hydrogen-bond acceptors (Lipinski definition) is 1. The van der Waals surface area contributed by atoms with Gasteiger partial charge in [-0.15, -0.1) is 0 Å². The fraction of sp³-hybridized carbons (Fsp3) is 0.588. The van der Waals surface area contributed by atoms with Gasteiger partial charge in [-0.05, 0) is 65.1 Å². The van der Waals surface area contributed by atoms with Crippen LogP contribution in [0.2, 0.25) is 5.02 Å². The summed E-state index contributed by atoms with van der Waals surface area (Å²) >= 11 is 9.05. The summed E-state index contributed by atoms with van der Waals surface area (Å²) in [6.07, 6.45) is 3.75. The van der Waals surface area contributed by atoms with E-state index < -0.39 is 5.82 Å². The predicted molar refractivity (Wildman–Crippen MR) is 88.3 cm³/mol. The van der Waals surface area contributed by atoms with Crippen LogP contribution in [0.25, 0.3) is 0 Å². The van der Waals surface area contributed by atoms with Crippen LogP contribution in [-0.4, -0.2) is 5.78 Å². The Labute approximate surface area is 139 Å². The van der Waals surface area contributed by atoms with Crippen LogP contribution in [0.15, 0.2) is 16.6 Å². The minimum absolute atomic E-state index is 0.00997. The lowest BCUT2D eigenvalue weighted by molar-refractivity contribution is 0.0815. The largest absolute Gasteiger partial charge is 0.294 e. The van der Waals surface area contributed by atoms with Gasteiger partial charge in [-0.1, -0.05) is 32.4 Å². The predicted octanol–water partition coefficient (Wildman–Crippen LogP) is 6.28. The lowest BCUT2D eigenvalue weighted by Crippen LogP contribution is -2.29. The van der Waals surface area contributed by atoms with E-state index in [1.54, 1.807) is 6.07 Å². The average molecular weight is 376 g/mol. The molecular weight excluding hydrogens is 355 g/mol. The number of carbonyl (C=O) groups is 1. The fourth-order valence-electron chi connectivity index (χ4n) is 3.16. The lowest BCUT2D eigenvalue weighted by Gasteiger charge is -2.36. The number of hydrogen-bond donors (Lipinski definition) is 0. The molecule has 0 aliphatic heterocycles. The molecule has 0 aromatic heterocycles. The van der Waals surface area contributed by atoms with Crippen LogP contribution in [0.4, 0.5) is 4.39 Å². The third kappa shape index (κ3) is 3.68. The Balaban J connectivity index is 2.11. The minimum atomic E-state index is -0.603. The summed E-state index contributed by atoms with van der Waals surface area (Å²) in [4.78, 5) is 12.5. The molecule has 0 atom stereocenters. The Kier molecular flexibility index (Phi) is 5.15. The van der Waals surface area contributed by atoms with Gasteiger partial charge >= 0.3 is 0 Å². The molecule has 0 heterocycles. The van der Waals surface area contributed by atoms with Crippen LogP contribution >= 0.6 is 27.5 Å². The van der Waals surface area contributed by atoms with E-state index in [-0.39, 0.29) is 27.7 Å². The Morgan fingerprint density at radius 2 is 1.81 bits per heavy atom. The molecular formula is C17H21BrClFO. The number of ketones is 1. The first-order valence-corrected chi connectivity index (χ1v) is 8.56. The number of benzene rings is 1. The van der Waals surface area contributed by atoms with Gasteiger partial charge < -0.3 is 0 Å². The molecule has 1 fully saturated rings. The molecule has 2 rings (SSSR count). The van der Waals surface area contributed by atoms with Crippen molar-refractivity contribution in [3.63, 3.8) is 0 Å². The molecule has 0 amide bonds. The van der Waals surface area contributed by atoms with E-state index in [0.717, 1.165) is 25.7 Å². The van der Waals surface area contributed by atoms with E-state index in [1.807, 2.05) is 0 Å². The zero-order valence-electron chi connectivity index (χ0n) is 12.7. The summed E-state index contributed by atoms with van der Waals surface area (Å²) in [5.41, 5.74) is 0.405. The third-order valence-electron chi connectivity index (χ3n) is 4.62. The van der Waals surface area contributed by atoms with Gasteiger partial charge in [-0.25, -0.2) is 4.39 Å². The zero-order chi connectivity index (χ0) is 15.8. The minimum Gasteiger partial charge on any atom is -0.294 e. The molecule has 1 aliphatic carbocycles. The summed E-state index contributed by atoms with van der Waals surface area (Å²) in [5, 5.41) is -0.00997. The highest BCUT2D eigenvalue weighted by atomic mass is 79.9. The second kappa shape index (κ2) is 6.37. The summed E-state index contributed by atoms with van der Waals surface area (Å²) in [7, 11) is 0. The number of rotatable bonds is 2. The van der Waals surface area contributed by atoms with Gasteiger partial charge in [0.05, 0.1) is 10.6 Å². The normalized spacial score (nSPS) is 23.1. The van der Waals surface area contributed by atoms with Crippen molar-refractivity contribution in [2.75, 3.05) is 0 Å². The summed E-state index contributed by atoms with van der Waals surface area (Å²) in [6, 6.07) is 3.17. The standard InChI is InChI=1S/C17H21BrClFO/c1-17(2,3)11-6-4-10(5-7-11)16(21)12-8-9-13(18)14(19)15(12)20/h8-11H,4-7H2,1-3H3. The summed E-state index contributed by atoms with van der Waals surface area (Å²) in [5.74, 6) is -0.140. The molecule has 1 aromatic carbocycles. The Hall–Kier alpha value is -0.410. The topological polar surface area (TPSA) is 17.1 Å². The SMILES string of the molecule is CC(C)(C)C1CCC(C(=O)c2ccc(Br)c(Cl)c2F)CC1. The first-order chi connectivity index (χ1) is 9.71. The quantitative estimate of drug-likeness (QED) is 0.439. The van der Waals surface area contributed by atoms with Crippen molar-refractivity contribution < 1.29 is 9.18 Å². The number of Topliss-reactive ketones (excluding diaryl/α,β-unsaturated/α-hetero) is 1. The molecule has 1 nitrogen and oxygen atoms in total. The van der Waals surface area contributed by atoms with Crippen molar-refractivity contribution in [1.29, 1.82) is 0 Å². The van der Waals surface area contributed by atoms with Gasteiger partial charge in [0, 0.05) is 10.4 Å². The van der Waals surface area contributed by atoms with Crippen LogP contribution in [0.1, 0.15) is 56.8 Å². The molecule has 1 aromatic rings. The first-order valence-electron chi connectivity index (χ1n) is 7.39. The van der Waals surface area contributed by atoms with Crippen molar-refractivity contribution in [3.8, 4) is 0 Å². The van der Waals surface area contributed by atoms with Crippen LogP contribution in [0, 0.1) is 23.1 Å². The third-order valence-corrected chi connectivity index (χ3v) is 5.88.